The maximum absolute atomic E-state index is 5.90. The molecule has 1 aromatic heterocycles. The van der Waals surface area contributed by atoms with Gasteiger partial charge in [-0.3, -0.25) is 0 Å². The fourth-order valence-electron chi connectivity index (χ4n) is 2.05. The summed E-state index contributed by atoms with van der Waals surface area (Å²) in [5, 5.41) is 5.28. The summed E-state index contributed by atoms with van der Waals surface area (Å²) in [6.45, 7) is 4.13. The smallest absolute Gasteiger partial charge is 0.0900 e. The van der Waals surface area contributed by atoms with Crippen LogP contribution < -0.4 is 5.32 Å². The number of likely N-dealkylation sites (N-methyl/N-ethyl adjacent to an activating group) is 1. The molecule has 2 aromatic rings. The summed E-state index contributed by atoms with van der Waals surface area (Å²) in [7, 11) is 2.00. The molecule has 1 heterocycles. The summed E-state index contributed by atoms with van der Waals surface area (Å²) in [6, 6.07) is 8.35. The van der Waals surface area contributed by atoms with Crippen molar-refractivity contribution in [3.05, 3.63) is 50.4 Å². The van der Waals surface area contributed by atoms with E-state index in [0.29, 0.717) is 6.04 Å². The first-order chi connectivity index (χ1) is 8.60. The summed E-state index contributed by atoms with van der Waals surface area (Å²) in [4.78, 5) is 5.82. The Morgan fingerprint density at radius 1 is 1.28 bits per heavy atom. The van der Waals surface area contributed by atoms with Crippen LogP contribution in [0, 0.1) is 13.8 Å². The number of rotatable bonds is 4. The monoisotopic (exact) mass is 280 g/mol. The maximum Gasteiger partial charge on any atom is 0.0900 e. The first-order valence-corrected chi connectivity index (χ1v) is 7.15. The number of aryl methyl sites for hydroxylation is 2. The number of benzene rings is 1. The molecule has 0 saturated heterocycles. The summed E-state index contributed by atoms with van der Waals surface area (Å²) >= 11 is 7.67. The van der Waals surface area contributed by atoms with E-state index in [1.807, 2.05) is 19.2 Å². The van der Waals surface area contributed by atoms with Gasteiger partial charge in [0.2, 0.25) is 0 Å². The van der Waals surface area contributed by atoms with Crippen molar-refractivity contribution >= 4 is 22.9 Å². The SMILES string of the molecule is CNC(Cc1ccc(Cl)cc1)c1sc(C)nc1C. The lowest BCUT2D eigenvalue weighted by Gasteiger charge is -2.15. The van der Waals surface area contributed by atoms with Crippen molar-refractivity contribution in [3.8, 4) is 0 Å². The predicted molar refractivity (Wildman–Crippen MR) is 78.5 cm³/mol. The number of nitrogens with zero attached hydrogens (tertiary/aromatic N) is 1. The van der Waals surface area contributed by atoms with Crippen LogP contribution in [0.3, 0.4) is 0 Å². The van der Waals surface area contributed by atoms with E-state index in [1.54, 1.807) is 11.3 Å². The number of thiazole rings is 1. The van der Waals surface area contributed by atoms with Crippen LogP contribution in [0.15, 0.2) is 24.3 Å². The molecule has 1 aromatic carbocycles. The molecule has 96 valence electrons. The van der Waals surface area contributed by atoms with Crippen LogP contribution in [0.1, 0.15) is 27.2 Å². The van der Waals surface area contributed by atoms with E-state index < -0.39 is 0 Å². The Morgan fingerprint density at radius 3 is 2.44 bits per heavy atom. The van der Waals surface area contributed by atoms with E-state index in [9.17, 15) is 0 Å². The second-order valence-corrected chi connectivity index (χ2v) is 6.03. The van der Waals surface area contributed by atoms with Crippen molar-refractivity contribution in [2.75, 3.05) is 7.05 Å². The molecule has 18 heavy (non-hydrogen) atoms. The zero-order valence-electron chi connectivity index (χ0n) is 10.8. The standard InChI is InChI=1S/C14H17ClN2S/c1-9-14(18-10(2)17-9)13(16-3)8-11-4-6-12(15)7-5-11/h4-7,13,16H,8H2,1-3H3. The van der Waals surface area contributed by atoms with E-state index in [-0.39, 0.29) is 0 Å². The molecule has 1 atom stereocenters. The van der Waals surface area contributed by atoms with Crippen LogP contribution >= 0.6 is 22.9 Å². The van der Waals surface area contributed by atoms with Gasteiger partial charge in [0.15, 0.2) is 0 Å². The highest BCUT2D eigenvalue weighted by Crippen LogP contribution is 2.27. The van der Waals surface area contributed by atoms with E-state index in [1.165, 1.54) is 10.4 Å². The minimum absolute atomic E-state index is 0.317. The highest BCUT2D eigenvalue weighted by molar-refractivity contribution is 7.11. The molecule has 0 aliphatic carbocycles. The Bertz CT molecular complexity index is 519. The van der Waals surface area contributed by atoms with Crippen LogP contribution in [-0.4, -0.2) is 12.0 Å². The van der Waals surface area contributed by atoms with Gasteiger partial charge in [0, 0.05) is 15.9 Å². The average Bonchev–Trinajstić information content (AvgIpc) is 2.68. The number of hydrogen-bond donors (Lipinski definition) is 1. The first kappa shape index (κ1) is 13.5. The van der Waals surface area contributed by atoms with E-state index in [2.05, 4.69) is 36.3 Å². The van der Waals surface area contributed by atoms with Gasteiger partial charge in [-0.1, -0.05) is 23.7 Å². The summed E-state index contributed by atoms with van der Waals surface area (Å²) in [6.07, 6.45) is 0.955. The molecular weight excluding hydrogens is 264 g/mol. The Labute approximate surface area is 117 Å². The Hall–Kier alpha value is -0.900. The lowest BCUT2D eigenvalue weighted by atomic mass is 10.0. The van der Waals surface area contributed by atoms with Gasteiger partial charge < -0.3 is 5.32 Å². The van der Waals surface area contributed by atoms with Crippen LogP contribution in [-0.2, 0) is 6.42 Å². The third kappa shape index (κ3) is 3.10. The third-order valence-electron chi connectivity index (χ3n) is 2.96. The largest absolute Gasteiger partial charge is 0.312 e. The molecule has 1 N–H and O–H groups in total. The van der Waals surface area contributed by atoms with Crippen molar-refractivity contribution in [1.29, 1.82) is 0 Å². The fourth-order valence-corrected chi connectivity index (χ4v) is 3.22. The first-order valence-electron chi connectivity index (χ1n) is 5.95. The van der Waals surface area contributed by atoms with E-state index in [0.717, 1.165) is 22.1 Å². The summed E-state index contributed by atoms with van der Waals surface area (Å²) < 4.78 is 0. The van der Waals surface area contributed by atoms with Gasteiger partial charge in [-0.05, 0) is 45.0 Å². The number of nitrogens with one attached hydrogen (secondary N) is 1. The van der Waals surface area contributed by atoms with Crippen molar-refractivity contribution < 1.29 is 0 Å². The summed E-state index contributed by atoms with van der Waals surface area (Å²) in [5.74, 6) is 0. The fraction of sp³-hybridized carbons (Fsp3) is 0.357. The maximum atomic E-state index is 5.90. The lowest BCUT2D eigenvalue weighted by Crippen LogP contribution is -2.18. The third-order valence-corrected chi connectivity index (χ3v) is 4.40. The Kier molecular flexibility index (Phi) is 4.38. The van der Waals surface area contributed by atoms with E-state index >= 15 is 0 Å². The highest BCUT2D eigenvalue weighted by Gasteiger charge is 2.16. The van der Waals surface area contributed by atoms with Crippen LogP contribution in [0.25, 0.3) is 0 Å². The Balaban J connectivity index is 2.19. The van der Waals surface area contributed by atoms with E-state index in [4.69, 9.17) is 11.6 Å². The zero-order chi connectivity index (χ0) is 13.1. The van der Waals surface area contributed by atoms with Crippen molar-refractivity contribution in [3.63, 3.8) is 0 Å². The lowest BCUT2D eigenvalue weighted by molar-refractivity contribution is 0.598. The van der Waals surface area contributed by atoms with Crippen molar-refractivity contribution in [1.82, 2.24) is 10.3 Å². The molecule has 0 bridgehead atoms. The number of halogens is 1. The molecule has 2 nitrogen and oxygen atoms in total. The molecule has 0 radical (unpaired) electrons. The molecule has 0 fully saturated rings. The van der Waals surface area contributed by atoms with Crippen LogP contribution in [0.5, 0.6) is 0 Å². The normalized spacial score (nSPS) is 12.7. The van der Waals surface area contributed by atoms with Gasteiger partial charge in [-0.15, -0.1) is 11.3 Å². The second-order valence-electron chi connectivity index (χ2n) is 4.35. The van der Waals surface area contributed by atoms with Gasteiger partial charge in [0.25, 0.3) is 0 Å². The quantitative estimate of drug-likeness (QED) is 0.918. The van der Waals surface area contributed by atoms with Gasteiger partial charge >= 0.3 is 0 Å². The van der Waals surface area contributed by atoms with Crippen molar-refractivity contribution in [2.45, 2.75) is 26.3 Å². The van der Waals surface area contributed by atoms with Gasteiger partial charge in [0.1, 0.15) is 0 Å². The number of hydrogen-bond acceptors (Lipinski definition) is 3. The topological polar surface area (TPSA) is 24.9 Å². The molecule has 0 aliphatic rings. The second kappa shape index (κ2) is 5.83. The number of aromatic nitrogens is 1. The minimum atomic E-state index is 0.317. The molecule has 0 amide bonds. The molecule has 0 aliphatic heterocycles. The average molecular weight is 281 g/mol. The molecule has 0 spiro atoms. The Morgan fingerprint density at radius 2 is 1.94 bits per heavy atom. The molecule has 0 saturated carbocycles. The highest BCUT2D eigenvalue weighted by atomic mass is 35.5. The van der Waals surface area contributed by atoms with Gasteiger partial charge in [-0.25, -0.2) is 4.98 Å². The zero-order valence-corrected chi connectivity index (χ0v) is 12.4. The minimum Gasteiger partial charge on any atom is -0.312 e. The van der Waals surface area contributed by atoms with Crippen molar-refractivity contribution in [2.24, 2.45) is 0 Å². The predicted octanol–water partition coefficient (Wildman–Crippen LogP) is 3.92. The van der Waals surface area contributed by atoms with Crippen LogP contribution in [0.4, 0.5) is 0 Å². The molecule has 4 heteroatoms. The van der Waals surface area contributed by atoms with Gasteiger partial charge in [-0.2, -0.15) is 0 Å². The molecular formula is C14H17ClN2S. The molecule has 1 unspecified atom stereocenters. The van der Waals surface area contributed by atoms with Gasteiger partial charge in [0.05, 0.1) is 10.7 Å². The summed E-state index contributed by atoms with van der Waals surface area (Å²) in [5.41, 5.74) is 2.41. The van der Waals surface area contributed by atoms with Crippen LogP contribution in [0.2, 0.25) is 5.02 Å². The molecule has 2 rings (SSSR count).